The molecule has 0 saturated carbocycles. The molecular formula is C15H17N3O4. The van der Waals surface area contributed by atoms with Gasteiger partial charge in [-0.1, -0.05) is 0 Å². The molecule has 0 N–H and O–H groups in total. The quantitative estimate of drug-likeness (QED) is 0.843. The van der Waals surface area contributed by atoms with Crippen LogP contribution >= 0.6 is 0 Å². The number of benzene rings is 1. The topological polar surface area (TPSA) is 77.7 Å². The van der Waals surface area contributed by atoms with Gasteiger partial charge in [-0.3, -0.25) is 4.79 Å². The van der Waals surface area contributed by atoms with Crippen LogP contribution in [-0.2, 0) is 16.0 Å². The van der Waals surface area contributed by atoms with Gasteiger partial charge in [-0.15, -0.1) is 10.2 Å². The molecule has 1 aromatic carbocycles. The summed E-state index contributed by atoms with van der Waals surface area (Å²) in [4.78, 5) is 13.9. The minimum atomic E-state index is -0.0202. The number of hydrogen-bond acceptors (Lipinski definition) is 6. The molecule has 2 heterocycles. The van der Waals surface area contributed by atoms with Gasteiger partial charge in [-0.05, 0) is 24.3 Å². The lowest BCUT2D eigenvalue weighted by molar-refractivity contribution is -0.134. The fourth-order valence-corrected chi connectivity index (χ4v) is 2.23. The van der Waals surface area contributed by atoms with Crippen molar-refractivity contribution in [2.75, 3.05) is 33.4 Å². The van der Waals surface area contributed by atoms with Crippen LogP contribution in [0.3, 0.4) is 0 Å². The highest BCUT2D eigenvalue weighted by Gasteiger charge is 2.20. The van der Waals surface area contributed by atoms with Crippen molar-refractivity contribution >= 4 is 5.91 Å². The Labute approximate surface area is 127 Å². The molecule has 2 aromatic rings. The number of carbonyl (C=O) groups is 1. The summed E-state index contributed by atoms with van der Waals surface area (Å²) in [5, 5.41) is 7.93. The zero-order chi connectivity index (χ0) is 15.4. The first-order valence-corrected chi connectivity index (χ1v) is 7.08. The second-order valence-corrected chi connectivity index (χ2v) is 4.90. The number of carbonyl (C=O) groups excluding carboxylic acids is 1. The molecule has 1 saturated heterocycles. The van der Waals surface area contributed by atoms with Gasteiger partial charge < -0.3 is 18.8 Å². The van der Waals surface area contributed by atoms with E-state index in [2.05, 4.69) is 10.2 Å². The van der Waals surface area contributed by atoms with Gasteiger partial charge in [0.2, 0.25) is 17.7 Å². The van der Waals surface area contributed by atoms with Crippen molar-refractivity contribution in [2.24, 2.45) is 0 Å². The van der Waals surface area contributed by atoms with Crippen molar-refractivity contribution in [1.82, 2.24) is 15.1 Å². The molecule has 0 aliphatic carbocycles. The van der Waals surface area contributed by atoms with E-state index in [0.29, 0.717) is 38.1 Å². The lowest BCUT2D eigenvalue weighted by Crippen LogP contribution is -2.41. The van der Waals surface area contributed by atoms with Gasteiger partial charge in [0.25, 0.3) is 0 Å². The number of methoxy groups -OCH3 is 1. The monoisotopic (exact) mass is 303 g/mol. The molecule has 3 rings (SSSR count). The zero-order valence-electron chi connectivity index (χ0n) is 12.3. The number of aromatic nitrogens is 2. The fraction of sp³-hybridized carbons (Fsp3) is 0.400. The van der Waals surface area contributed by atoms with Crippen LogP contribution in [0.25, 0.3) is 11.5 Å². The Balaban J connectivity index is 1.66. The maximum atomic E-state index is 12.1. The van der Waals surface area contributed by atoms with Crippen molar-refractivity contribution in [2.45, 2.75) is 6.42 Å². The van der Waals surface area contributed by atoms with Crippen molar-refractivity contribution in [3.8, 4) is 17.2 Å². The van der Waals surface area contributed by atoms with Gasteiger partial charge in [0, 0.05) is 18.7 Å². The van der Waals surface area contributed by atoms with Crippen molar-refractivity contribution in [3.05, 3.63) is 30.2 Å². The largest absolute Gasteiger partial charge is 0.497 e. The molecule has 0 bridgehead atoms. The van der Waals surface area contributed by atoms with Crippen LogP contribution < -0.4 is 4.74 Å². The summed E-state index contributed by atoms with van der Waals surface area (Å²) >= 11 is 0. The predicted octanol–water partition coefficient (Wildman–Crippen LogP) is 1.15. The Bertz CT molecular complexity index is 632. The summed E-state index contributed by atoms with van der Waals surface area (Å²) in [6.45, 7) is 2.37. The molecule has 0 atom stereocenters. The second-order valence-electron chi connectivity index (χ2n) is 4.90. The number of morpholine rings is 1. The minimum Gasteiger partial charge on any atom is -0.497 e. The molecule has 1 aliphatic rings. The third-order valence-electron chi connectivity index (χ3n) is 3.47. The number of amides is 1. The van der Waals surface area contributed by atoms with Crippen LogP contribution in [0.2, 0.25) is 0 Å². The van der Waals surface area contributed by atoms with E-state index in [-0.39, 0.29) is 12.3 Å². The van der Waals surface area contributed by atoms with Crippen LogP contribution in [0.15, 0.2) is 28.7 Å². The molecule has 7 heteroatoms. The molecule has 1 amide bonds. The summed E-state index contributed by atoms with van der Waals surface area (Å²) < 4.78 is 15.9. The molecule has 1 aliphatic heterocycles. The summed E-state index contributed by atoms with van der Waals surface area (Å²) in [6.07, 6.45) is 0.114. The summed E-state index contributed by atoms with van der Waals surface area (Å²) in [5.74, 6) is 1.45. The first-order chi connectivity index (χ1) is 10.8. The van der Waals surface area contributed by atoms with Crippen LogP contribution in [0.5, 0.6) is 5.75 Å². The fourth-order valence-electron chi connectivity index (χ4n) is 2.23. The summed E-state index contributed by atoms with van der Waals surface area (Å²) in [5.41, 5.74) is 0.790. The zero-order valence-corrected chi connectivity index (χ0v) is 12.3. The van der Waals surface area contributed by atoms with E-state index in [1.54, 1.807) is 12.0 Å². The summed E-state index contributed by atoms with van der Waals surface area (Å²) in [7, 11) is 1.61. The lowest BCUT2D eigenvalue weighted by Gasteiger charge is -2.26. The Morgan fingerprint density at radius 1 is 1.23 bits per heavy atom. The average Bonchev–Trinajstić information content (AvgIpc) is 3.04. The molecule has 1 fully saturated rings. The Hall–Kier alpha value is -2.41. The van der Waals surface area contributed by atoms with Crippen molar-refractivity contribution in [1.29, 1.82) is 0 Å². The van der Waals surface area contributed by atoms with Crippen LogP contribution in [-0.4, -0.2) is 54.4 Å². The minimum absolute atomic E-state index is 0.0202. The first-order valence-electron chi connectivity index (χ1n) is 7.08. The van der Waals surface area contributed by atoms with E-state index in [1.165, 1.54) is 0 Å². The van der Waals surface area contributed by atoms with Gasteiger partial charge in [-0.2, -0.15) is 0 Å². The van der Waals surface area contributed by atoms with Crippen LogP contribution in [0, 0.1) is 0 Å². The van der Waals surface area contributed by atoms with Crippen LogP contribution in [0.4, 0.5) is 0 Å². The summed E-state index contributed by atoms with van der Waals surface area (Å²) in [6, 6.07) is 7.30. The maximum Gasteiger partial charge on any atom is 0.247 e. The molecule has 0 spiro atoms. The molecule has 1 aromatic heterocycles. The van der Waals surface area contributed by atoms with Crippen molar-refractivity contribution < 1.29 is 18.7 Å². The molecule has 0 radical (unpaired) electrons. The number of rotatable bonds is 4. The van der Waals surface area contributed by atoms with Crippen molar-refractivity contribution in [3.63, 3.8) is 0 Å². The standard InChI is InChI=1S/C15H17N3O4/c1-20-12-4-2-11(3-5-12)15-17-16-13(22-15)10-14(19)18-6-8-21-9-7-18/h2-5H,6-10H2,1H3. The second kappa shape index (κ2) is 6.57. The average molecular weight is 303 g/mol. The Morgan fingerprint density at radius 2 is 1.95 bits per heavy atom. The molecule has 0 unspecified atom stereocenters. The maximum absolute atomic E-state index is 12.1. The van der Waals surface area contributed by atoms with E-state index < -0.39 is 0 Å². The van der Waals surface area contributed by atoms with Gasteiger partial charge in [-0.25, -0.2) is 0 Å². The number of hydrogen-bond donors (Lipinski definition) is 0. The van der Waals surface area contributed by atoms with E-state index in [0.717, 1.165) is 11.3 Å². The van der Waals surface area contributed by atoms with Gasteiger partial charge >= 0.3 is 0 Å². The third kappa shape index (κ3) is 3.25. The highest BCUT2D eigenvalue weighted by atomic mass is 16.5. The van der Waals surface area contributed by atoms with Gasteiger partial charge in [0.15, 0.2) is 0 Å². The first kappa shape index (κ1) is 14.5. The SMILES string of the molecule is COc1ccc(-c2nnc(CC(=O)N3CCOCC3)o2)cc1. The van der Waals surface area contributed by atoms with Gasteiger partial charge in [0.1, 0.15) is 12.2 Å². The highest BCUT2D eigenvalue weighted by molar-refractivity contribution is 5.78. The molecule has 116 valence electrons. The third-order valence-corrected chi connectivity index (χ3v) is 3.47. The molecule has 22 heavy (non-hydrogen) atoms. The highest BCUT2D eigenvalue weighted by Crippen LogP contribution is 2.21. The lowest BCUT2D eigenvalue weighted by atomic mass is 10.2. The Morgan fingerprint density at radius 3 is 2.64 bits per heavy atom. The van der Waals surface area contributed by atoms with Crippen LogP contribution in [0.1, 0.15) is 5.89 Å². The smallest absolute Gasteiger partial charge is 0.247 e. The number of ether oxygens (including phenoxy) is 2. The van der Waals surface area contributed by atoms with E-state index in [1.807, 2.05) is 24.3 Å². The van der Waals surface area contributed by atoms with E-state index >= 15 is 0 Å². The molecule has 7 nitrogen and oxygen atoms in total. The number of nitrogens with zero attached hydrogens (tertiary/aromatic N) is 3. The normalized spacial score (nSPS) is 14.9. The van der Waals surface area contributed by atoms with E-state index in [4.69, 9.17) is 13.9 Å². The molecular weight excluding hydrogens is 286 g/mol. The Kier molecular flexibility index (Phi) is 4.34. The van der Waals surface area contributed by atoms with E-state index in [9.17, 15) is 4.79 Å². The van der Waals surface area contributed by atoms with Gasteiger partial charge in [0.05, 0.1) is 20.3 Å². The predicted molar refractivity (Wildman–Crippen MR) is 77.4 cm³/mol.